The maximum atomic E-state index is 12.5. The summed E-state index contributed by atoms with van der Waals surface area (Å²) in [6, 6.07) is 0. The predicted octanol–water partition coefficient (Wildman–Crippen LogP) is 0.838. The second kappa shape index (κ2) is 4.97. The van der Waals surface area contributed by atoms with Crippen molar-refractivity contribution in [1.82, 2.24) is 9.97 Å². The molecule has 0 spiro atoms. The van der Waals surface area contributed by atoms with E-state index in [0.29, 0.717) is 25.7 Å². The fourth-order valence-corrected chi connectivity index (χ4v) is 1.05. The van der Waals surface area contributed by atoms with Crippen LogP contribution in [-0.4, -0.2) is 23.1 Å². The van der Waals surface area contributed by atoms with Crippen LogP contribution in [0.1, 0.15) is 12.0 Å². The molecule has 90 valence electrons. The van der Waals surface area contributed by atoms with Gasteiger partial charge in [-0.15, -0.1) is 0 Å². The van der Waals surface area contributed by atoms with E-state index in [0.717, 1.165) is 0 Å². The largest absolute Gasteiger partial charge is 0.421 e. The Kier molecular flexibility index (Phi) is 3.88. The minimum absolute atomic E-state index is 0.205. The molecule has 0 aromatic carbocycles. The Morgan fingerprint density at radius 2 is 2.06 bits per heavy atom. The quantitative estimate of drug-likeness (QED) is 0.673. The average Bonchev–Trinajstić information content (AvgIpc) is 2.16. The molecule has 1 rings (SSSR count). The lowest BCUT2D eigenvalue weighted by Crippen LogP contribution is -2.16. The molecule has 0 unspecified atom stereocenters. The second-order valence-electron chi connectivity index (χ2n) is 3.06. The van der Waals surface area contributed by atoms with Crippen LogP contribution >= 0.6 is 0 Å². The molecule has 0 saturated heterocycles. The number of halogens is 3. The van der Waals surface area contributed by atoms with E-state index in [1.165, 1.54) is 0 Å². The first-order chi connectivity index (χ1) is 7.45. The summed E-state index contributed by atoms with van der Waals surface area (Å²) >= 11 is 0. The summed E-state index contributed by atoms with van der Waals surface area (Å²) < 4.78 is 37.5. The van der Waals surface area contributed by atoms with Gasteiger partial charge in [-0.3, -0.25) is 0 Å². The van der Waals surface area contributed by atoms with E-state index in [-0.39, 0.29) is 11.8 Å². The highest BCUT2D eigenvalue weighted by molar-refractivity contribution is 5.47. The van der Waals surface area contributed by atoms with Crippen LogP contribution in [0.5, 0.6) is 0 Å². The Morgan fingerprint density at radius 3 is 2.62 bits per heavy atom. The molecular weight excluding hydrogens is 223 g/mol. The standard InChI is InChI=1S/C8H12F3N5/c9-8(10,11)5-4-15-7(13)16-6(5)14-3-1-2-12/h4H,1-3,12H2,(H3,13,14,15,16). The molecule has 0 aliphatic heterocycles. The second-order valence-corrected chi connectivity index (χ2v) is 3.06. The summed E-state index contributed by atoms with van der Waals surface area (Å²) in [5.74, 6) is -0.517. The summed E-state index contributed by atoms with van der Waals surface area (Å²) in [6.07, 6.45) is -3.30. The van der Waals surface area contributed by atoms with Crippen LogP contribution in [0.25, 0.3) is 0 Å². The van der Waals surface area contributed by atoms with Crippen LogP contribution in [0.2, 0.25) is 0 Å². The Bertz CT molecular complexity index is 352. The number of nitrogens with one attached hydrogen (secondary N) is 1. The van der Waals surface area contributed by atoms with Crippen LogP contribution in [0, 0.1) is 0 Å². The molecule has 5 N–H and O–H groups in total. The monoisotopic (exact) mass is 235 g/mol. The van der Waals surface area contributed by atoms with Gasteiger partial charge in [-0.05, 0) is 13.0 Å². The van der Waals surface area contributed by atoms with Crippen molar-refractivity contribution in [3.8, 4) is 0 Å². The molecule has 0 aliphatic carbocycles. The third-order valence-corrected chi connectivity index (χ3v) is 1.79. The minimum Gasteiger partial charge on any atom is -0.369 e. The maximum Gasteiger partial charge on any atom is 0.421 e. The average molecular weight is 235 g/mol. The number of aromatic nitrogens is 2. The minimum atomic E-state index is -4.50. The SMILES string of the molecule is NCCCNc1nc(N)ncc1C(F)(F)F. The van der Waals surface area contributed by atoms with Crippen molar-refractivity contribution in [1.29, 1.82) is 0 Å². The van der Waals surface area contributed by atoms with Crippen molar-refractivity contribution in [2.24, 2.45) is 5.73 Å². The number of alkyl halides is 3. The first-order valence-electron chi connectivity index (χ1n) is 4.59. The highest BCUT2D eigenvalue weighted by atomic mass is 19.4. The fraction of sp³-hybridized carbons (Fsp3) is 0.500. The molecule has 0 saturated carbocycles. The molecule has 1 aromatic rings. The summed E-state index contributed by atoms with van der Waals surface area (Å²) in [4.78, 5) is 6.82. The Labute approximate surface area is 90.1 Å². The lowest BCUT2D eigenvalue weighted by Gasteiger charge is -2.12. The molecule has 0 fully saturated rings. The van der Waals surface area contributed by atoms with E-state index in [1.54, 1.807) is 0 Å². The van der Waals surface area contributed by atoms with Gasteiger partial charge in [0.25, 0.3) is 0 Å². The summed E-state index contributed by atoms with van der Waals surface area (Å²) in [5.41, 5.74) is 9.52. The number of anilines is 2. The van der Waals surface area contributed by atoms with E-state index in [1.807, 2.05) is 0 Å². The third kappa shape index (κ3) is 3.23. The number of hydrogen-bond acceptors (Lipinski definition) is 5. The molecular formula is C8H12F3N5. The zero-order valence-electron chi connectivity index (χ0n) is 8.38. The van der Waals surface area contributed by atoms with Gasteiger partial charge in [-0.25, -0.2) is 4.98 Å². The molecule has 0 bridgehead atoms. The van der Waals surface area contributed by atoms with Gasteiger partial charge in [0.15, 0.2) is 0 Å². The number of nitrogens with two attached hydrogens (primary N) is 2. The van der Waals surface area contributed by atoms with Crippen molar-refractivity contribution in [3.63, 3.8) is 0 Å². The molecule has 5 nitrogen and oxygen atoms in total. The molecule has 16 heavy (non-hydrogen) atoms. The molecule has 0 amide bonds. The van der Waals surface area contributed by atoms with Crippen LogP contribution in [0.3, 0.4) is 0 Å². The predicted molar refractivity (Wildman–Crippen MR) is 53.6 cm³/mol. The van der Waals surface area contributed by atoms with Gasteiger partial charge >= 0.3 is 6.18 Å². The summed E-state index contributed by atoms with van der Waals surface area (Å²) in [5, 5.41) is 2.53. The van der Waals surface area contributed by atoms with Crippen molar-refractivity contribution in [2.45, 2.75) is 12.6 Å². The normalized spacial score (nSPS) is 11.5. The van der Waals surface area contributed by atoms with Gasteiger partial charge in [-0.1, -0.05) is 0 Å². The van der Waals surface area contributed by atoms with E-state index in [4.69, 9.17) is 11.5 Å². The van der Waals surface area contributed by atoms with Crippen molar-refractivity contribution in [3.05, 3.63) is 11.8 Å². The summed E-state index contributed by atoms with van der Waals surface area (Å²) in [7, 11) is 0. The summed E-state index contributed by atoms with van der Waals surface area (Å²) in [6.45, 7) is 0.685. The van der Waals surface area contributed by atoms with Crippen molar-refractivity contribution < 1.29 is 13.2 Å². The first kappa shape index (κ1) is 12.5. The third-order valence-electron chi connectivity index (χ3n) is 1.79. The number of hydrogen-bond donors (Lipinski definition) is 3. The fourth-order valence-electron chi connectivity index (χ4n) is 1.05. The highest BCUT2D eigenvalue weighted by Gasteiger charge is 2.35. The zero-order valence-corrected chi connectivity index (χ0v) is 8.38. The van der Waals surface area contributed by atoms with Crippen LogP contribution in [0.4, 0.5) is 24.9 Å². The Hall–Kier alpha value is -1.57. The molecule has 1 heterocycles. The number of nitrogen functional groups attached to an aromatic ring is 1. The van der Waals surface area contributed by atoms with Crippen LogP contribution in [0.15, 0.2) is 6.20 Å². The van der Waals surface area contributed by atoms with Gasteiger partial charge in [-0.2, -0.15) is 18.2 Å². The first-order valence-corrected chi connectivity index (χ1v) is 4.59. The Morgan fingerprint density at radius 1 is 1.38 bits per heavy atom. The topological polar surface area (TPSA) is 89.8 Å². The zero-order chi connectivity index (χ0) is 12.2. The van der Waals surface area contributed by atoms with Gasteiger partial charge in [0.2, 0.25) is 5.95 Å². The highest BCUT2D eigenvalue weighted by Crippen LogP contribution is 2.33. The molecule has 8 heteroatoms. The van der Waals surface area contributed by atoms with E-state index in [9.17, 15) is 13.2 Å². The van der Waals surface area contributed by atoms with Crippen molar-refractivity contribution in [2.75, 3.05) is 24.1 Å². The smallest absolute Gasteiger partial charge is 0.369 e. The van der Waals surface area contributed by atoms with Crippen LogP contribution in [-0.2, 0) is 6.18 Å². The molecule has 0 aliphatic rings. The maximum absolute atomic E-state index is 12.5. The van der Waals surface area contributed by atoms with Gasteiger partial charge < -0.3 is 16.8 Å². The van der Waals surface area contributed by atoms with E-state index in [2.05, 4.69) is 15.3 Å². The van der Waals surface area contributed by atoms with E-state index < -0.39 is 11.7 Å². The van der Waals surface area contributed by atoms with E-state index >= 15 is 0 Å². The number of nitrogens with zero attached hydrogens (tertiary/aromatic N) is 2. The lowest BCUT2D eigenvalue weighted by atomic mass is 10.3. The molecule has 1 aromatic heterocycles. The van der Waals surface area contributed by atoms with Crippen molar-refractivity contribution >= 4 is 11.8 Å². The van der Waals surface area contributed by atoms with Gasteiger partial charge in [0, 0.05) is 12.7 Å². The van der Waals surface area contributed by atoms with Gasteiger partial charge in [0.05, 0.1) is 0 Å². The van der Waals surface area contributed by atoms with Crippen LogP contribution < -0.4 is 16.8 Å². The number of rotatable bonds is 4. The molecule has 0 radical (unpaired) electrons. The lowest BCUT2D eigenvalue weighted by molar-refractivity contribution is -0.137. The Balaban J connectivity index is 2.90. The van der Waals surface area contributed by atoms with Gasteiger partial charge in [0.1, 0.15) is 11.4 Å². The molecule has 0 atom stereocenters.